The first-order valence-electron chi connectivity index (χ1n) is 21.9. The fourth-order valence-corrected chi connectivity index (χ4v) is 7.99. The third-order valence-electron chi connectivity index (χ3n) is 10.6. The number of aromatic nitrogens is 4. The van der Waals surface area contributed by atoms with E-state index in [1.165, 1.54) is 6.07 Å². The molecule has 12 aromatic rings. The van der Waals surface area contributed by atoms with Gasteiger partial charge in [-0.25, -0.2) is 15.0 Å². The minimum atomic E-state index is -0.474. The Labute approximate surface area is 335 Å². The molecule has 12 rings (SSSR count). The molecule has 0 radical (unpaired) electrons. The highest BCUT2D eigenvalue weighted by Crippen LogP contribution is 2.39. The Morgan fingerprint density at radius 3 is 1.89 bits per heavy atom. The number of para-hydroxylation sites is 6. The molecule has 266 valence electrons. The lowest BCUT2D eigenvalue weighted by molar-refractivity contribution is 0.669. The summed E-state index contributed by atoms with van der Waals surface area (Å²) in [6, 6.07) is 41.9. The van der Waals surface area contributed by atoms with Crippen LogP contribution in [-0.2, 0) is 0 Å². The molecular formula is C51H30N4O2. The van der Waals surface area contributed by atoms with Gasteiger partial charge in [0.2, 0.25) is 0 Å². The normalized spacial score (nSPS) is 13.6. The quantitative estimate of drug-likeness (QED) is 0.176. The van der Waals surface area contributed by atoms with Gasteiger partial charge in [-0.05, 0) is 60.1 Å². The molecule has 0 bridgehead atoms. The average Bonchev–Trinajstić information content (AvgIpc) is 4.02. The van der Waals surface area contributed by atoms with Gasteiger partial charge in [0.15, 0.2) is 17.5 Å². The molecular weight excluding hydrogens is 701 g/mol. The topological polar surface area (TPSA) is 69.9 Å². The standard InChI is InChI=1S/C51H30N4O2/c1-6-22-42-35(15-1)36-16-2-7-23-43(36)55(42)44-24-8-3-19-41(44)51-53-49(52-50(54-51)33-27-28-39-37-17-4-9-25-45(37)56-47(39)30-33)32-14-11-13-31(29-32)34-20-12-21-40-38-18-5-10-26-46(38)57-48(34)40/h1-30H/i1D,2D,6D,15D,16D,22D,23D. The van der Waals surface area contributed by atoms with Crippen molar-refractivity contribution in [3.63, 3.8) is 0 Å². The van der Waals surface area contributed by atoms with Crippen molar-refractivity contribution in [3.8, 4) is 51.0 Å². The first-order valence-corrected chi connectivity index (χ1v) is 18.4. The lowest BCUT2D eigenvalue weighted by Crippen LogP contribution is -2.03. The van der Waals surface area contributed by atoms with Crippen LogP contribution in [0.3, 0.4) is 0 Å². The molecule has 0 unspecified atom stereocenters. The Morgan fingerprint density at radius 2 is 1.02 bits per heavy atom. The SMILES string of the molecule is [2H]c1cc([2H])c2c(c1[2H])c1c([2H])c([2H])c([2H])c([2H])c1n2-c1ccccc1-c1nc(-c2cccc(-c3cccc4c3oc3ccccc34)c2)nc(-c2ccc3c(c2)oc2ccccc23)n1. The van der Waals surface area contributed by atoms with Gasteiger partial charge >= 0.3 is 0 Å². The Morgan fingerprint density at radius 1 is 0.404 bits per heavy atom. The molecule has 4 heterocycles. The molecule has 0 spiro atoms. The maximum atomic E-state index is 9.15. The summed E-state index contributed by atoms with van der Waals surface area (Å²) < 4.78 is 76.2. The monoisotopic (exact) mass is 737 g/mol. The fourth-order valence-electron chi connectivity index (χ4n) is 7.99. The number of rotatable bonds is 5. The molecule has 0 aliphatic rings. The average molecular weight is 738 g/mol. The summed E-state index contributed by atoms with van der Waals surface area (Å²) in [4.78, 5) is 15.3. The minimum absolute atomic E-state index is 0.0517. The molecule has 0 saturated heterocycles. The maximum Gasteiger partial charge on any atom is 0.166 e. The van der Waals surface area contributed by atoms with E-state index in [1.807, 2.05) is 115 Å². The summed E-state index contributed by atoms with van der Waals surface area (Å²) >= 11 is 0. The van der Waals surface area contributed by atoms with Gasteiger partial charge in [-0.2, -0.15) is 0 Å². The molecule has 0 aliphatic heterocycles. The lowest BCUT2D eigenvalue weighted by Gasteiger charge is -2.14. The summed E-state index contributed by atoms with van der Waals surface area (Å²) in [7, 11) is 0. The van der Waals surface area contributed by atoms with Crippen LogP contribution >= 0.6 is 0 Å². The van der Waals surface area contributed by atoms with E-state index in [0.717, 1.165) is 49.4 Å². The zero-order valence-corrected chi connectivity index (χ0v) is 29.9. The fraction of sp³-hybridized carbons (Fsp3) is 0. The number of fused-ring (bicyclic) bond motifs is 9. The van der Waals surface area contributed by atoms with E-state index >= 15 is 0 Å². The van der Waals surface area contributed by atoms with Crippen LogP contribution < -0.4 is 0 Å². The molecule has 0 aliphatic carbocycles. The van der Waals surface area contributed by atoms with Crippen molar-refractivity contribution in [1.29, 1.82) is 0 Å². The third kappa shape index (κ3) is 4.94. The van der Waals surface area contributed by atoms with Gasteiger partial charge in [0.05, 0.1) is 26.3 Å². The molecule has 0 fully saturated rings. The van der Waals surface area contributed by atoms with Crippen LogP contribution in [0, 0.1) is 0 Å². The van der Waals surface area contributed by atoms with Crippen molar-refractivity contribution >= 4 is 65.7 Å². The number of nitrogens with zero attached hydrogens (tertiary/aromatic N) is 4. The van der Waals surface area contributed by atoms with Crippen LogP contribution in [0.4, 0.5) is 0 Å². The van der Waals surface area contributed by atoms with E-state index in [4.69, 9.17) is 33.4 Å². The van der Waals surface area contributed by atoms with Crippen molar-refractivity contribution in [2.24, 2.45) is 0 Å². The molecule has 4 aromatic heterocycles. The van der Waals surface area contributed by atoms with Gasteiger partial charge in [-0.3, -0.25) is 0 Å². The van der Waals surface area contributed by atoms with Crippen molar-refractivity contribution in [1.82, 2.24) is 19.5 Å². The smallest absolute Gasteiger partial charge is 0.166 e. The highest BCUT2D eigenvalue weighted by atomic mass is 16.3. The van der Waals surface area contributed by atoms with E-state index in [1.54, 1.807) is 16.7 Å². The molecule has 6 heteroatoms. The van der Waals surface area contributed by atoms with E-state index in [0.29, 0.717) is 39.6 Å². The second kappa shape index (κ2) is 12.3. The van der Waals surface area contributed by atoms with Gasteiger partial charge in [-0.15, -0.1) is 0 Å². The molecule has 57 heavy (non-hydrogen) atoms. The summed E-state index contributed by atoms with van der Waals surface area (Å²) in [5.74, 6) is 0.950. The van der Waals surface area contributed by atoms with Crippen LogP contribution in [-0.4, -0.2) is 19.5 Å². The Balaban J connectivity index is 1.12. The van der Waals surface area contributed by atoms with Crippen LogP contribution in [0.1, 0.15) is 9.60 Å². The first-order chi connectivity index (χ1) is 31.1. The van der Waals surface area contributed by atoms with E-state index in [-0.39, 0.29) is 57.8 Å². The van der Waals surface area contributed by atoms with Gasteiger partial charge < -0.3 is 13.4 Å². The van der Waals surface area contributed by atoms with Crippen molar-refractivity contribution in [2.75, 3.05) is 0 Å². The van der Waals surface area contributed by atoms with E-state index in [2.05, 4.69) is 6.07 Å². The maximum absolute atomic E-state index is 9.15. The van der Waals surface area contributed by atoms with Gasteiger partial charge in [0, 0.05) is 54.6 Å². The Bertz CT molecular complexity index is 3970. The summed E-state index contributed by atoms with van der Waals surface area (Å²) in [6.45, 7) is 0. The van der Waals surface area contributed by atoms with Crippen molar-refractivity contribution in [2.45, 2.75) is 0 Å². The second-order valence-corrected chi connectivity index (χ2v) is 13.8. The predicted octanol–water partition coefficient (Wildman–Crippen LogP) is 13.4. The first kappa shape index (κ1) is 25.3. The molecule has 8 aromatic carbocycles. The number of hydrogen-bond donors (Lipinski definition) is 0. The third-order valence-corrected chi connectivity index (χ3v) is 10.6. The zero-order chi connectivity index (χ0) is 43.5. The molecule has 0 atom stereocenters. The van der Waals surface area contributed by atoms with E-state index < -0.39 is 12.1 Å². The van der Waals surface area contributed by atoms with Gasteiger partial charge in [0.1, 0.15) is 22.3 Å². The summed E-state index contributed by atoms with van der Waals surface area (Å²) in [5, 5.41) is 4.09. The minimum Gasteiger partial charge on any atom is -0.456 e. The van der Waals surface area contributed by atoms with E-state index in [9.17, 15) is 0 Å². The Hall–Kier alpha value is -7.83. The lowest BCUT2D eigenvalue weighted by atomic mass is 10.00. The number of benzene rings is 8. The number of furan rings is 2. The number of hydrogen-bond acceptors (Lipinski definition) is 5. The highest BCUT2D eigenvalue weighted by molar-refractivity contribution is 6.11. The molecule has 0 amide bonds. The molecule has 6 nitrogen and oxygen atoms in total. The van der Waals surface area contributed by atoms with Gasteiger partial charge in [0.25, 0.3) is 0 Å². The highest BCUT2D eigenvalue weighted by Gasteiger charge is 2.20. The summed E-state index contributed by atoms with van der Waals surface area (Å²) in [6.07, 6.45) is 0. The predicted molar refractivity (Wildman–Crippen MR) is 230 cm³/mol. The van der Waals surface area contributed by atoms with Crippen molar-refractivity contribution in [3.05, 3.63) is 182 Å². The van der Waals surface area contributed by atoms with Crippen LogP contribution in [0.5, 0.6) is 0 Å². The summed E-state index contributed by atoms with van der Waals surface area (Å²) in [5.41, 5.74) is 7.21. The molecule has 0 N–H and O–H groups in total. The zero-order valence-electron chi connectivity index (χ0n) is 36.9. The second-order valence-electron chi connectivity index (χ2n) is 13.8. The van der Waals surface area contributed by atoms with Gasteiger partial charge in [-0.1, -0.05) is 127 Å². The molecule has 0 saturated carbocycles. The van der Waals surface area contributed by atoms with Crippen LogP contribution in [0.25, 0.3) is 117 Å². The van der Waals surface area contributed by atoms with Crippen LogP contribution in [0.2, 0.25) is 0 Å². The Kier molecular flexibility index (Phi) is 5.48. The largest absolute Gasteiger partial charge is 0.456 e. The van der Waals surface area contributed by atoms with Crippen molar-refractivity contribution < 1.29 is 18.4 Å². The van der Waals surface area contributed by atoms with Crippen LogP contribution in [0.15, 0.2) is 191 Å².